The summed E-state index contributed by atoms with van der Waals surface area (Å²) in [7, 11) is 0. The van der Waals surface area contributed by atoms with Crippen LogP contribution in [0.3, 0.4) is 0 Å². The van der Waals surface area contributed by atoms with Crippen molar-refractivity contribution in [1.29, 1.82) is 0 Å². The van der Waals surface area contributed by atoms with Crippen molar-refractivity contribution in [3.8, 4) is 5.75 Å². The molecule has 0 unspecified atom stereocenters. The minimum atomic E-state index is -0.352. The van der Waals surface area contributed by atoms with Crippen molar-refractivity contribution >= 4 is 23.4 Å². The molecule has 2 fully saturated rings. The lowest BCUT2D eigenvalue weighted by Crippen LogP contribution is -2.47. The van der Waals surface area contributed by atoms with Gasteiger partial charge in [0.15, 0.2) is 0 Å². The fourth-order valence-electron chi connectivity index (χ4n) is 5.35. The van der Waals surface area contributed by atoms with E-state index < -0.39 is 0 Å². The van der Waals surface area contributed by atoms with Crippen LogP contribution in [-0.4, -0.2) is 62.2 Å². The molecular weight excluding hydrogens is 522 g/mol. The first-order valence-electron chi connectivity index (χ1n) is 14.5. The van der Waals surface area contributed by atoms with Gasteiger partial charge in [-0.05, 0) is 105 Å². The Balaban J connectivity index is 1.06. The third-order valence-corrected chi connectivity index (χ3v) is 7.67. The maximum atomic E-state index is 13.5. The Bertz CT molecular complexity index is 1220. The van der Waals surface area contributed by atoms with E-state index in [1.54, 1.807) is 29.2 Å². The number of anilines is 2. The fraction of sp³-hybridized carbons (Fsp3) is 0.364. The summed E-state index contributed by atoms with van der Waals surface area (Å²) in [5, 5.41) is 6.52. The summed E-state index contributed by atoms with van der Waals surface area (Å²) in [5.74, 6) is 0.102. The lowest BCUT2D eigenvalue weighted by molar-refractivity contribution is -0.120. The summed E-state index contributed by atoms with van der Waals surface area (Å²) < 4.78 is 33.1. The molecule has 2 aliphatic rings. The molecule has 5 rings (SSSR count). The smallest absolute Gasteiger partial charge is 0.240 e. The van der Waals surface area contributed by atoms with Crippen LogP contribution in [0, 0.1) is 11.6 Å². The zero-order valence-corrected chi connectivity index (χ0v) is 23.3. The summed E-state index contributed by atoms with van der Waals surface area (Å²) in [6.45, 7) is 4.75. The average molecular weight is 561 g/mol. The van der Waals surface area contributed by atoms with Gasteiger partial charge in [0.1, 0.15) is 30.0 Å². The van der Waals surface area contributed by atoms with E-state index in [4.69, 9.17) is 4.74 Å². The summed E-state index contributed by atoms with van der Waals surface area (Å²) in [6, 6.07) is 20.3. The Morgan fingerprint density at radius 3 is 2.05 bits per heavy atom. The largest absolute Gasteiger partial charge is 0.490 e. The van der Waals surface area contributed by atoms with Crippen LogP contribution in [0.1, 0.15) is 31.2 Å². The maximum absolute atomic E-state index is 13.5. The number of likely N-dealkylation sites (tertiary alicyclic amines) is 1. The van der Waals surface area contributed by atoms with E-state index in [-0.39, 0.29) is 30.1 Å². The molecule has 8 heteroatoms. The summed E-state index contributed by atoms with van der Waals surface area (Å²) in [6.07, 6.45) is 8.46. The van der Waals surface area contributed by atoms with Crippen molar-refractivity contribution in [3.63, 3.8) is 0 Å². The van der Waals surface area contributed by atoms with E-state index in [2.05, 4.69) is 39.8 Å². The molecule has 2 N–H and O–H groups in total. The molecule has 0 atom stereocenters. The third kappa shape index (κ3) is 8.62. The first kappa shape index (κ1) is 28.8. The Kier molecular flexibility index (Phi) is 9.99. The van der Waals surface area contributed by atoms with Crippen molar-refractivity contribution < 1.29 is 18.3 Å². The molecule has 41 heavy (non-hydrogen) atoms. The number of piperidine rings is 2. The van der Waals surface area contributed by atoms with Crippen LogP contribution in [0.5, 0.6) is 5.75 Å². The van der Waals surface area contributed by atoms with Crippen molar-refractivity contribution in [1.82, 2.24) is 15.5 Å². The number of amides is 1. The maximum Gasteiger partial charge on any atom is 0.240 e. The lowest BCUT2D eigenvalue weighted by Gasteiger charge is -2.32. The molecule has 0 aromatic heterocycles. The molecule has 6 nitrogen and oxygen atoms in total. The van der Waals surface area contributed by atoms with Gasteiger partial charge in [-0.2, -0.15) is 0 Å². The minimum absolute atomic E-state index is 0.0575. The van der Waals surface area contributed by atoms with Crippen LogP contribution >= 0.6 is 0 Å². The van der Waals surface area contributed by atoms with Crippen molar-refractivity contribution in [2.45, 2.75) is 37.8 Å². The van der Waals surface area contributed by atoms with Gasteiger partial charge in [-0.1, -0.05) is 24.3 Å². The fourth-order valence-corrected chi connectivity index (χ4v) is 5.35. The van der Waals surface area contributed by atoms with E-state index in [0.717, 1.165) is 69.7 Å². The Morgan fingerprint density at radius 1 is 0.878 bits per heavy atom. The average Bonchev–Trinajstić information content (AvgIpc) is 2.99. The van der Waals surface area contributed by atoms with Gasteiger partial charge in [-0.15, -0.1) is 0 Å². The van der Waals surface area contributed by atoms with Crippen molar-refractivity contribution in [3.05, 3.63) is 96.1 Å². The summed E-state index contributed by atoms with van der Waals surface area (Å²) in [5.41, 5.74) is 2.48. The number of halogens is 2. The van der Waals surface area contributed by atoms with Crippen LogP contribution in [0.2, 0.25) is 0 Å². The number of nitrogens with zero attached hydrogens (tertiary/aromatic N) is 2. The second kappa shape index (κ2) is 14.2. The topological polar surface area (TPSA) is 56.8 Å². The molecule has 0 spiro atoms. The SMILES string of the molecule is O=C(CN(c1ccc(F)cc1)c1ccc(F)cc1)NC1CCN(C/C=C/c2ccc(OC3CCNCC3)cc2)CC1. The number of rotatable bonds is 10. The molecule has 3 aromatic carbocycles. The molecule has 1 amide bonds. The number of nitrogens with one attached hydrogen (secondary N) is 2. The molecule has 0 bridgehead atoms. The van der Waals surface area contributed by atoms with E-state index in [9.17, 15) is 13.6 Å². The molecule has 3 aromatic rings. The molecule has 2 saturated heterocycles. The zero-order chi connectivity index (χ0) is 28.4. The molecule has 2 heterocycles. The number of carbonyl (C=O) groups excluding carboxylic acids is 1. The monoisotopic (exact) mass is 560 g/mol. The van der Waals surface area contributed by atoms with E-state index in [1.165, 1.54) is 24.3 Å². The highest BCUT2D eigenvalue weighted by atomic mass is 19.1. The van der Waals surface area contributed by atoms with Gasteiger partial charge in [-0.3, -0.25) is 9.69 Å². The predicted octanol–water partition coefficient (Wildman–Crippen LogP) is 5.53. The Labute approximate surface area is 241 Å². The first-order valence-corrected chi connectivity index (χ1v) is 14.5. The van der Waals surface area contributed by atoms with Crippen LogP contribution in [0.15, 0.2) is 78.9 Å². The molecular formula is C33H38F2N4O2. The second-order valence-corrected chi connectivity index (χ2v) is 10.7. The van der Waals surface area contributed by atoms with Crippen molar-refractivity contribution in [2.75, 3.05) is 44.2 Å². The molecule has 216 valence electrons. The van der Waals surface area contributed by atoms with Crippen LogP contribution in [0.4, 0.5) is 20.2 Å². The number of ether oxygens (including phenoxy) is 1. The molecule has 2 aliphatic heterocycles. The minimum Gasteiger partial charge on any atom is -0.490 e. The van der Waals surface area contributed by atoms with Gasteiger partial charge < -0.3 is 20.3 Å². The van der Waals surface area contributed by atoms with Crippen LogP contribution < -0.4 is 20.3 Å². The number of hydrogen-bond acceptors (Lipinski definition) is 5. The standard InChI is InChI=1S/C33H38F2N4O2/c34-26-5-9-29(10-6-26)39(30-11-7-27(35)8-12-30)24-33(40)37-28-17-22-38(23-18-28)21-1-2-25-3-13-31(14-4-25)41-32-15-19-36-20-16-32/h1-14,28,32,36H,15-24H2,(H,37,40)/b2-1+. The molecule has 0 aliphatic carbocycles. The predicted molar refractivity (Wildman–Crippen MR) is 159 cm³/mol. The normalized spacial score (nSPS) is 17.0. The highest BCUT2D eigenvalue weighted by molar-refractivity contribution is 5.84. The second-order valence-electron chi connectivity index (χ2n) is 10.7. The van der Waals surface area contributed by atoms with E-state index >= 15 is 0 Å². The number of benzene rings is 3. The van der Waals surface area contributed by atoms with Gasteiger partial charge in [0, 0.05) is 37.1 Å². The van der Waals surface area contributed by atoms with Gasteiger partial charge in [0.25, 0.3) is 0 Å². The summed E-state index contributed by atoms with van der Waals surface area (Å²) >= 11 is 0. The molecule has 0 saturated carbocycles. The van der Waals surface area contributed by atoms with Gasteiger partial charge in [-0.25, -0.2) is 8.78 Å². The highest BCUT2D eigenvalue weighted by Crippen LogP contribution is 2.26. The highest BCUT2D eigenvalue weighted by Gasteiger charge is 2.22. The third-order valence-electron chi connectivity index (χ3n) is 7.67. The van der Waals surface area contributed by atoms with E-state index in [0.29, 0.717) is 17.5 Å². The van der Waals surface area contributed by atoms with Crippen LogP contribution in [-0.2, 0) is 4.79 Å². The van der Waals surface area contributed by atoms with Gasteiger partial charge >= 0.3 is 0 Å². The van der Waals surface area contributed by atoms with Crippen molar-refractivity contribution in [2.24, 2.45) is 0 Å². The summed E-state index contributed by atoms with van der Waals surface area (Å²) in [4.78, 5) is 17.2. The van der Waals surface area contributed by atoms with Crippen LogP contribution in [0.25, 0.3) is 6.08 Å². The molecule has 0 radical (unpaired) electrons. The quantitative estimate of drug-likeness (QED) is 0.342. The number of carbonyl (C=O) groups is 1. The Morgan fingerprint density at radius 2 is 1.46 bits per heavy atom. The lowest BCUT2D eigenvalue weighted by atomic mass is 10.0. The van der Waals surface area contributed by atoms with Gasteiger partial charge in [0.05, 0.1) is 0 Å². The van der Waals surface area contributed by atoms with Gasteiger partial charge in [0.2, 0.25) is 5.91 Å². The Hall–Kier alpha value is -3.75. The first-order chi connectivity index (χ1) is 20.0. The zero-order valence-electron chi connectivity index (χ0n) is 23.3. The van der Waals surface area contributed by atoms with E-state index in [1.807, 2.05) is 12.1 Å². The number of hydrogen-bond donors (Lipinski definition) is 2.